The van der Waals surface area contributed by atoms with Crippen molar-refractivity contribution in [3.63, 3.8) is 0 Å². The number of carbonyl (C=O) groups excluding carboxylic acids is 2. The van der Waals surface area contributed by atoms with Crippen LogP contribution in [0.4, 0.5) is 14.0 Å². The number of piperidine rings is 1. The third kappa shape index (κ3) is 9.39. The lowest BCUT2D eigenvalue weighted by Gasteiger charge is -2.39. The standard InChI is InChI=1S/C28H45FN4O5/c1-28(2)11-10-20(19-38-28)15-24(17-30-3)32-26(34)33-13-6-8-22(18-33)25(21-7-5-9-23(29)16-21)37-14-12-31-27(35)36-4/h5,7,9,16,20,22,24-25,30H,6,8,10-15,17-19H2,1-4H3,(H,31,35)(H,32,34)/t20-,22-,24+,25+/m1/s1. The van der Waals surface area contributed by atoms with Gasteiger partial charge in [-0.05, 0) is 76.6 Å². The van der Waals surface area contributed by atoms with Crippen LogP contribution in [0.25, 0.3) is 0 Å². The van der Waals surface area contributed by atoms with Crippen LogP contribution in [0.5, 0.6) is 0 Å². The molecule has 3 N–H and O–H groups in total. The van der Waals surface area contributed by atoms with Gasteiger partial charge in [-0.1, -0.05) is 12.1 Å². The predicted octanol–water partition coefficient (Wildman–Crippen LogP) is 3.84. The van der Waals surface area contributed by atoms with E-state index in [0.717, 1.165) is 37.7 Å². The van der Waals surface area contributed by atoms with E-state index in [2.05, 4.69) is 34.5 Å². The molecule has 0 bridgehead atoms. The van der Waals surface area contributed by atoms with Gasteiger partial charge in [-0.2, -0.15) is 0 Å². The molecule has 2 saturated heterocycles. The zero-order chi connectivity index (χ0) is 27.5. The number of nitrogens with zero attached hydrogens (tertiary/aromatic N) is 1. The maximum absolute atomic E-state index is 14.1. The van der Waals surface area contributed by atoms with Gasteiger partial charge in [-0.15, -0.1) is 0 Å². The number of likely N-dealkylation sites (N-methyl/N-ethyl adjacent to an activating group) is 1. The molecule has 2 heterocycles. The number of hydrogen-bond acceptors (Lipinski definition) is 6. The number of amides is 3. The average Bonchev–Trinajstić information content (AvgIpc) is 2.90. The molecule has 0 aromatic heterocycles. The first-order valence-corrected chi connectivity index (χ1v) is 13.7. The third-order valence-electron chi connectivity index (χ3n) is 7.47. The van der Waals surface area contributed by atoms with Gasteiger partial charge in [-0.3, -0.25) is 0 Å². The molecule has 4 atom stereocenters. The van der Waals surface area contributed by atoms with Crippen molar-refractivity contribution in [2.75, 3.05) is 53.6 Å². The van der Waals surface area contributed by atoms with Crippen molar-refractivity contribution in [3.8, 4) is 0 Å². The fraction of sp³-hybridized carbons (Fsp3) is 0.714. The Bertz CT molecular complexity index is 892. The first-order valence-electron chi connectivity index (χ1n) is 13.7. The summed E-state index contributed by atoms with van der Waals surface area (Å²) in [7, 11) is 3.20. The van der Waals surface area contributed by atoms with Crippen molar-refractivity contribution in [1.29, 1.82) is 0 Å². The van der Waals surface area contributed by atoms with E-state index in [1.807, 2.05) is 18.0 Å². The highest BCUT2D eigenvalue weighted by Crippen LogP contribution is 2.33. The third-order valence-corrected chi connectivity index (χ3v) is 7.47. The zero-order valence-corrected chi connectivity index (χ0v) is 23.3. The number of carbonyl (C=O) groups is 2. The fourth-order valence-electron chi connectivity index (χ4n) is 5.39. The second-order valence-electron chi connectivity index (χ2n) is 11.0. The number of urea groups is 1. The van der Waals surface area contributed by atoms with E-state index >= 15 is 0 Å². The van der Waals surface area contributed by atoms with Gasteiger partial charge in [0.2, 0.25) is 0 Å². The topological polar surface area (TPSA) is 101 Å². The number of benzene rings is 1. The van der Waals surface area contributed by atoms with Gasteiger partial charge < -0.3 is 35.1 Å². The zero-order valence-electron chi connectivity index (χ0n) is 23.3. The molecule has 3 amide bonds. The maximum Gasteiger partial charge on any atom is 0.406 e. The number of methoxy groups -OCH3 is 1. The Morgan fingerprint density at radius 1 is 1.29 bits per heavy atom. The molecule has 1 aromatic rings. The van der Waals surface area contributed by atoms with Crippen LogP contribution in [-0.2, 0) is 14.2 Å². The Morgan fingerprint density at radius 2 is 2.11 bits per heavy atom. The molecular formula is C28H45FN4O5. The molecule has 38 heavy (non-hydrogen) atoms. The Kier molecular flexibility index (Phi) is 11.6. The molecule has 9 nitrogen and oxygen atoms in total. The van der Waals surface area contributed by atoms with Crippen molar-refractivity contribution >= 4 is 12.1 Å². The molecule has 2 fully saturated rings. The lowest BCUT2D eigenvalue weighted by molar-refractivity contribution is -0.0792. The molecule has 0 radical (unpaired) electrons. The fourth-order valence-corrected chi connectivity index (χ4v) is 5.39. The highest BCUT2D eigenvalue weighted by molar-refractivity contribution is 5.74. The number of hydrogen-bond donors (Lipinski definition) is 3. The number of ether oxygens (including phenoxy) is 3. The van der Waals surface area contributed by atoms with Crippen LogP contribution in [0, 0.1) is 17.7 Å². The van der Waals surface area contributed by atoms with Crippen LogP contribution in [0.2, 0.25) is 0 Å². The Morgan fingerprint density at radius 3 is 2.79 bits per heavy atom. The van der Waals surface area contributed by atoms with Gasteiger partial charge in [0, 0.05) is 38.1 Å². The Labute approximate surface area is 226 Å². The quantitative estimate of drug-likeness (QED) is 0.372. The molecule has 2 aliphatic rings. The predicted molar refractivity (Wildman–Crippen MR) is 143 cm³/mol. The van der Waals surface area contributed by atoms with Crippen LogP contribution in [0.15, 0.2) is 24.3 Å². The number of likely N-dealkylation sites (tertiary alicyclic amines) is 1. The van der Waals surface area contributed by atoms with E-state index in [4.69, 9.17) is 9.47 Å². The van der Waals surface area contributed by atoms with Gasteiger partial charge in [0.1, 0.15) is 5.82 Å². The lowest BCUT2D eigenvalue weighted by atomic mass is 9.87. The summed E-state index contributed by atoms with van der Waals surface area (Å²) in [6, 6.07) is 6.31. The van der Waals surface area contributed by atoms with E-state index in [1.165, 1.54) is 19.2 Å². The minimum absolute atomic E-state index is 0.00218. The molecule has 0 unspecified atom stereocenters. The summed E-state index contributed by atoms with van der Waals surface area (Å²) < 4.78 is 30.9. The van der Waals surface area contributed by atoms with Crippen molar-refractivity contribution in [2.24, 2.45) is 11.8 Å². The second kappa shape index (κ2) is 14.6. The Balaban J connectivity index is 1.61. The summed E-state index contributed by atoms with van der Waals surface area (Å²) in [4.78, 5) is 26.6. The lowest BCUT2D eigenvalue weighted by Crippen LogP contribution is -2.52. The summed E-state index contributed by atoms with van der Waals surface area (Å²) in [6.45, 7) is 7.32. The van der Waals surface area contributed by atoms with E-state index in [-0.39, 0.29) is 42.6 Å². The maximum atomic E-state index is 14.1. The van der Waals surface area contributed by atoms with E-state index in [0.29, 0.717) is 32.2 Å². The van der Waals surface area contributed by atoms with Gasteiger partial charge in [0.05, 0.1) is 32.0 Å². The van der Waals surface area contributed by atoms with Gasteiger partial charge in [0.25, 0.3) is 0 Å². The highest BCUT2D eigenvalue weighted by Gasteiger charge is 2.33. The molecule has 0 spiro atoms. The Hall–Kier alpha value is -2.43. The first kappa shape index (κ1) is 30.1. The van der Waals surface area contributed by atoms with Crippen LogP contribution >= 0.6 is 0 Å². The number of alkyl carbamates (subject to hydrolysis) is 1. The average molecular weight is 537 g/mol. The number of rotatable bonds is 11. The molecule has 2 aliphatic heterocycles. The molecule has 10 heteroatoms. The second-order valence-corrected chi connectivity index (χ2v) is 11.0. The van der Waals surface area contributed by atoms with Crippen molar-refractivity contribution in [3.05, 3.63) is 35.6 Å². The minimum atomic E-state index is -0.531. The van der Waals surface area contributed by atoms with Gasteiger partial charge >= 0.3 is 12.1 Å². The summed E-state index contributed by atoms with van der Waals surface area (Å²) in [5.74, 6) is 0.0745. The summed E-state index contributed by atoms with van der Waals surface area (Å²) in [5.41, 5.74) is 0.653. The molecule has 214 valence electrons. The summed E-state index contributed by atoms with van der Waals surface area (Å²) >= 11 is 0. The monoisotopic (exact) mass is 536 g/mol. The molecule has 1 aromatic carbocycles. The molecule has 0 saturated carbocycles. The molecule has 3 rings (SSSR count). The van der Waals surface area contributed by atoms with Crippen LogP contribution in [0.1, 0.15) is 57.6 Å². The van der Waals surface area contributed by atoms with E-state index < -0.39 is 12.2 Å². The highest BCUT2D eigenvalue weighted by atomic mass is 19.1. The summed E-state index contributed by atoms with van der Waals surface area (Å²) in [6.07, 6.45) is 3.71. The normalized spacial score (nSPS) is 22.8. The van der Waals surface area contributed by atoms with Crippen molar-refractivity contribution in [2.45, 2.75) is 63.7 Å². The molecule has 0 aliphatic carbocycles. The number of halogens is 1. The van der Waals surface area contributed by atoms with Gasteiger partial charge in [0.15, 0.2) is 0 Å². The number of nitrogens with one attached hydrogen (secondary N) is 3. The van der Waals surface area contributed by atoms with Crippen LogP contribution in [-0.4, -0.2) is 82.2 Å². The first-order chi connectivity index (χ1) is 18.2. The molecular weight excluding hydrogens is 491 g/mol. The smallest absolute Gasteiger partial charge is 0.406 e. The minimum Gasteiger partial charge on any atom is -0.453 e. The van der Waals surface area contributed by atoms with E-state index in [1.54, 1.807) is 6.07 Å². The SMILES string of the molecule is CNC[C@H](C[C@H]1CCC(C)(C)OC1)NC(=O)N1CCC[C@@H]([C@@H](OCCNC(=O)OC)c2cccc(F)c2)C1. The largest absolute Gasteiger partial charge is 0.453 e. The van der Waals surface area contributed by atoms with E-state index in [9.17, 15) is 14.0 Å². The van der Waals surface area contributed by atoms with Crippen molar-refractivity contribution in [1.82, 2.24) is 20.9 Å². The van der Waals surface area contributed by atoms with Crippen LogP contribution in [0.3, 0.4) is 0 Å². The van der Waals surface area contributed by atoms with Gasteiger partial charge in [-0.25, -0.2) is 14.0 Å². The summed E-state index contributed by atoms with van der Waals surface area (Å²) in [5, 5.41) is 9.05. The van der Waals surface area contributed by atoms with Crippen molar-refractivity contribution < 1.29 is 28.2 Å². The van der Waals surface area contributed by atoms with Crippen LogP contribution < -0.4 is 16.0 Å².